The fraction of sp³-hybridized carbons (Fsp3) is 0.556. The molecule has 2 aliphatic heterocycles. The van der Waals surface area contributed by atoms with Crippen molar-refractivity contribution in [2.24, 2.45) is 0 Å². The summed E-state index contributed by atoms with van der Waals surface area (Å²) in [7, 11) is 0. The Labute approximate surface area is 86.7 Å². The molecule has 4 nitrogen and oxygen atoms in total. The van der Waals surface area contributed by atoms with Gasteiger partial charge >= 0.3 is 0 Å². The topological polar surface area (TPSA) is 63.8 Å². The van der Waals surface area contributed by atoms with E-state index >= 15 is 0 Å². The Morgan fingerprint density at radius 1 is 1.50 bits per heavy atom. The molecule has 3 rings (SSSR count). The standard InChI is InChI=1S/C9H12N4S/c10-8-7-5-1-2-11-3-6(5)14-9(7)13-4-12-8/h4-6,11H,1-3H2,(H2,10,12,13)/t5-,6+/m1/s1. The Morgan fingerprint density at radius 3 is 3.36 bits per heavy atom. The molecule has 2 atom stereocenters. The van der Waals surface area contributed by atoms with Crippen LogP contribution in [-0.2, 0) is 0 Å². The zero-order valence-electron chi connectivity index (χ0n) is 7.73. The predicted molar refractivity (Wildman–Crippen MR) is 56.3 cm³/mol. The molecule has 1 saturated heterocycles. The van der Waals surface area contributed by atoms with Crippen molar-refractivity contribution < 1.29 is 0 Å². The van der Waals surface area contributed by atoms with Gasteiger partial charge in [0.15, 0.2) is 0 Å². The first-order valence-electron chi connectivity index (χ1n) is 4.84. The van der Waals surface area contributed by atoms with Gasteiger partial charge in [-0.05, 0) is 13.0 Å². The molecule has 0 unspecified atom stereocenters. The average Bonchev–Trinajstić information content (AvgIpc) is 2.57. The van der Waals surface area contributed by atoms with Gasteiger partial charge in [0.1, 0.15) is 17.2 Å². The minimum Gasteiger partial charge on any atom is -0.383 e. The highest BCUT2D eigenvalue weighted by Crippen LogP contribution is 2.48. The van der Waals surface area contributed by atoms with Crippen LogP contribution < -0.4 is 11.1 Å². The highest BCUT2D eigenvalue weighted by Gasteiger charge is 2.37. The van der Waals surface area contributed by atoms with E-state index in [4.69, 9.17) is 5.73 Å². The molecular formula is C9H12N4S. The zero-order valence-corrected chi connectivity index (χ0v) is 8.55. The second-order valence-corrected chi connectivity index (χ2v) is 4.96. The summed E-state index contributed by atoms with van der Waals surface area (Å²) >= 11 is 1.84. The van der Waals surface area contributed by atoms with E-state index in [0.29, 0.717) is 17.0 Å². The number of piperidine rings is 1. The lowest BCUT2D eigenvalue weighted by molar-refractivity contribution is 0.476. The lowest BCUT2D eigenvalue weighted by atomic mass is 9.91. The predicted octanol–water partition coefficient (Wildman–Crippen LogP) is 0.610. The Bertz CT molecular complexity index is 368. The third-order valence-electron chi connectivity index (χ3n) is 2.94. The summed E-state index contributed by atoms with van der Waals surface area (Å²) in [6.45, 7) is 2.14. The van der Waals surface area contributed by atoms with E-state index in [0.717, 1.165) is 24.5 Å². The van der Waals surface area contributed by atoms with Gasteiger partial charge in [0, 0.05) is 23.3 Å². The maximum Gasteiger partial charge on any atom is 0.131 e. The molecule has 14 heavy (non-hydrogen) atoms. The molecule has 1 aromatic rings. The van der Waals surface area contributed by atoms with Crippen LogP contribution in [0.15, 0.2) is 11.4 Å². The number of nitrogen functional groups attached to an aromatic ring is 1. The maximum atomic E-state index is 5.89. The van der Waals surface area contributed by atoms with E-state index < -0.39 is 0 Å². The molecule has 2 aliphatic rings. The summed E-state index contributed by atoms with van der Waals surface area (Å²) in [6, 6.07) is 0. The molecule has 1 aromatic heterocycles. The Morgan fingerprint density at radius 2 is 2.43 bits per heavy atom. The monoisotopic (exact) mass is 208 g/mol. The summed E-state index contributed by atoms with van der Waals surface area (Å²) < 4.78 is 0. The Kier molecular flexibility index (Phi) is 1.88. The number of thioether (sulfide) groups is 1. The first-order valence-corrected chi connectivity index (χ1v) is 5.72. The van der Waals surface area contributed by atoms with Crippen LogP contribution in [0.1, 0.15) is 17.9 Å². The molecule has 0 radical (unpaired) electrons. The molecule has 0 spiro atoms. The fourth-order valence-corrected chi connectivity index (χ4v) is 3.68. The number of fused-ring (bicyclic) bond motifs is 3. The molecule has 74 valence electrons. The van der Waals surface area contributed by atoms with Crippen molar-refractivity contribution in [3.63, 3.8) is 0 Å². The molecule has 0 amide bonds. The van der Waals surface area contributed by atoms with Crippen molar-refractivity contribution in [3.05, 3.63) is 11.9 Å². The number of hydrogen-bond donors (Lipinski definition) is 2. The number of nitrogens with zero attached hydrogens (tertiary/aromatic N) is 2. The molecule has 0 aromatic carbocycles. The SMILES string of the molecule is Nc1ncnc2c1[C@@H]1CCNC[C@@H]1S2. The van der Waals surface area contributed by atoms with Gasteiger partial charge in [0.2, 0.25) is 0 Å². The van der Waals surface area contributed by atoms with Crippen LogP contribution in [0, 0.1) is 0 Å². The number of hydrogen-bond acceptors (Lipinski definition) is 5. The lowest BCUT2D eigenvalue weighted by Gasteiger charge is -2.25. The summed E-state index contributed by atoms with van der Waals surface area (Å²) in [5.74, 6) is 1.24. The Hall–Kier alpha value is -0.810. The van der Waals surface area contributed by atoms with Gasteiger partial charge in [-0.1, -0.05) is 0 Å². The zero-order chi connectivity index (χ0) is 9.54. The second kappa shape index (κ2) is 3.10. The largest absolute Gasteiger partial charge is 0.383 e. The van der Waals surface area contributed by atoms with Gasteiger partial charge in [-0.3, -0.25) is 0 Å². The third-order valence-corrected chi connectivity index (χ3v) is 4.28. The summed E-state index contributed by atoms with van der Waals surface area (Å²) in [5, 5.41) is 5.10. The molecule has 3 N–H and O–H groups in total. The van der Waals surface area contributed by atoms with Gasteiger partial charge in [0.05, 0.1) is 0 Å². The lowest BCUT2D eigenvalue weighted by Crippen LogP contribution is -2.35. The van der Waals surface area contributed by atoms with Gasteiger partial charge in [-0.25, -0.2) is 9.97 Å². The minimum atomic E-state index is 0.567. The van der Waals surface area contributed by atoms with Crippen LogP contribution in [0.3, 0.4) is 0 Å². The van der Waals surface area contributed by atoms with Crippen LogP contribution in [0.5, 0.6) is 0 Å². The normalized spacial score (nSPS) is 29.7. The van der Waals surface area contributed by atoms with E-state index in [9.17, 15) is 0 Å². The quantitative estimate of drug-likeness (QED) is 0.612. The number of nitrogens with one attached hydrogen (secondary N) is 1. The van der Waals surface area contributed by atoms with Crippen molar-refractivity contribution in [1.82, 2.24) is 15.3 Å². The highest BCUT2D eigenvalue weighted by molar-refractivity contribution is 8.00. The Balaban J connectivity index is 2.06. The third kappa shape index (κ3) is 1.12. The first-order chi connectivity index (χ1) is 6.86. The van der Waals surface area contributed by atoms with Crippen LogP contribution in [0.4, 0.5) is 5.82 Å². The molecule has 1 fully saturated rings. The van der Waals surface area contributed by atoms with Crippen LogP contribution >= 0.6 is 11.8 Å². The summed E-state index contributed by atoms with van der Waals surface area (Å²) in [4.78, 5) is 8.36. The van der Waals surface area contributed by atoms with E-state index in [1.54, 1.807) is 6.33 Å². The van der Waals surface area contributed by atoms with Gasteiger partial charge < -0.3 is 11.1 Å². The van der Waals surface area contributed by atoms with Gasteiger partial charge in [-0.15, -0.1) is 11.8 Å². The molecule has 5 heteroatoms. The van der Waals surface area contributed by atoms with Crippen LogP contribution in [0.25, 0.3) is 0 Å². The highest BCUT2D eigenvalue weighted by atomic mass is 32.2. The molecule has 0 bridgehead atoms. The van der Waals surface area contributed by atoms with E-state index in [2.05, 4.69) is 15.3 Å². The van der Waals surface area contributed by atoms with Crippen molar-refractivity contribution >= 4 is 17.6 Å². The molecule has 0 saturated carbocycles. The van der Waals surface area contributed by atoms with Gasteiger partial charge in [0.25, 0.3) is 0 Å². The number of anilines is 1. The van der Waals surface area contributed by atoms with Crippen molar-refractivity contribution in [2.45, 2.75) is 22.6 Å². The van der Waals surface area contributed by atoms with Crippen LogP contribution in [-0.4, -0.2) is 28.3 Å². The van der Waals surface area contributed by atoms with Crippen molar-refractivity contribution in [2.75, 3.05) is 18.8 Å². The first kappa shape index (κ1) is 8.49. The number of rotatable bonds is 0. The average molecular weight is 208 g/mol. The number of nitrogens with two attached hydrogens (primary N) is 1. The van der Waals surface area contributed by atoms with Crippen molar-refractivity contribution in [3.8, 4) is 0 Å². The summed E-state index contributed by atoms with van der Waals surface area (Å²) in [6.07, 6.45) is 2.72. The van der Waals surface area contributed by atoms with E-state index in [-0.39, 0.29) is 0 Å². The van der Waals surface area contributed by atoms with Gasteiger partial charge in [-0.2, -0.15) is 0 Å². The van der Waals surface area contributed by atoms with E-state index in [1.165, 1.54) is 5.56 Å². The second-order valence-electron chi connectivity index (χ2n) is 3.73. The fourth-order valence-electron chi connectivity index (χ4n) is 2.26. The number of aromatic nitrogens is 2. The minimum absolute atomic E-state index is 0.567. The van der Waals surface area contributed by atoms with E-state index in [1.807, 2.05) is 11.8 Å². The molecule has 0 aliphatic carbocycles. The maximum absolute atomic E-state index is 5.89. The smallest absolute Gasteiger partial charge is 0.131 e. The molecular weight excluding hydrogens is 196 g/mol. The summed E-state index contributed by atoms with van der Waals surface area (Å²) in [5.41, 5.74) is 7.09. The van der Waals surface area contributed by atoms with Crippen LogP contribution in [0.2, 0.25) is 0 Å². The van der Waals surface area contributed by atoms with Crippen molar-refractivity contribution in [1.29, 1.82) is 0 Å². The molecule has 3 heterocycles.